The molecule has 1 aromatic heterocycles. The van der Waals surface area contributed by atoms with Crippen LogP contribution in [0.4, 0.5) is 10.7 Å². The maximum absolute atomic E-state index is 13.3. The normalized spacial score (nSPS) is 12.9. The SMILES string of the molecule is O=C(Nc1ccccc1)c1c(N=Cc2cc(Br)c(OCc3ccccc3)c(Br)c2)sc2c1CCCC2. The number of nitrogens with one attached hydrogen (secondary N) is 1. The first-order chi connectivity index (χ1) is 17.6. The van der Waals surface area contributed by atoms with E-state index in [4.69, 9.17) is 9.73 Å². The van der Waals surface area contributed by atoms with Gasteiger partial charge in [-0.25, -0.2) is 4.99 Å². The van der Waals surface area contributed by atoms with Crippen molar-refractivity contribution in [2.45, 2.75) is 32.3 Å². The minimum atomic E-state index is -0.0974. The fourth-order valence-corrected chi connectivity index (χ4v) is 6.93. The van der Waals surface area contributed by atoms with Gasteiger partial charge in [0, 0.05) is 16.8 Å². The van der Waals surface area contributed by atoms with Crippen LogP contribution in [0.5, 0.6) is 5.75 Å². The van der Waals surface area contributed by atoms with E-state index in [9.17, 15) is 4.79 Å². The lowest BCUT2D eigenvalue weighted by molar-refractivity contribution is 0.102. The molecule has 182 valence electrons. The number of anilines is 1. The van der Waals surface area contributed by atoms with Crippen LogP contribution in [0.15, 0.2) is 86.7 Å². The van der Waals surface area contributed by atoms with E-state index in [2.05, 4.69) is 37.2 Å². The monoisotopic (exact) mass is 622 g/mol. The van der Waals surface area contributed by atoms with Crippen LogP contribution < -0.4 is 10.1 Å². The van der Waals surface area contributed by atoms with Crippen molar-refractivity contribution in [3.05, 3.63) is 109 Å². The van der Waals surface area contributed by atoms with E-state index in [1.165, 1.54) is 4.88 Å². The number of carbonyl (C=O) groups excluding carboxylic acids is 1. The van der Waals surface area contributed by atoms with Crippen LogP contribution >= 0.6 is 43.2 Å². The van der Waals surface area contributed by atoms with Crippen LogP contribution in [-0.2, 0) is 19.4 Å². The summed E-state index contributed by atoms with van der Waals surface area (Å²) >= 11 is 8.91. The van der Waals surface area contributed by atoms with Gasteiger partial charge in [0.2, 0.25) is 0 Å². The van der Waals surface area contributed by atoms with E-state index in [-0.39, 0.29) is 5.91 Å². The number of hydrogen-bond donors (Lipinski definition) is 1. The van der Waals surface area contributed by atoms with Gasteiger partial charge in [-0.3, -0.25) is 4.79 Å². The third-order valence-electron chi connectivity index (χ3n) is 5.99. The molecule has 1 aliphatic carbocycles. The minimum Gasteiger partial charge on any atom is -0.487 e. The maximum atomic E-state index is 13.3. The summed E-state index contributed by atoms with van der Waals surface area (Å²) in [6.07, 6.45) is 5.99. The molecule has 0 aliphatic heterocycles. The number of hydrogen-bond acceptors (Lipinski definition) is 4. The third-order valence-corrected chi connectivity index (χ3v) is 8.37. The summed E-state index contributed by atoms with van der Waals surface area (Å²) in [6.45, 7) is 0.478. The molecular weight excluding hydrogens is 600 g/mol. The first-order valence-electron chi connectivity index (χ1n) is 11.8. The van der Waals surface area contributed by atoms with Crippen LogP contribution in [0.2, 0.25) is 0 Å². The lowest BCUT2D eigenvalue weighted by atomic mass is 9.95. The quantitative estimate of drug-likeness (QED) is 0.209. The van der Waals surface area contributed by atoms with Gasteiger partial charge in [-0.2, -0.15) is 0 Å². The fourth-order valence-electron chi connectivity index (χ4n) is 4.25. The number of halogens is 2. The molecule has 36 heavy (non-hydrogen) atoms. The van der Waals surface area contributed by atoms with Crippen molar-refractivity contribution < 1.29 is 9.53 Å². The second kappa shape index (κ2) is 11.5. The van der Waals surface area contributed by atoms with Crippen molar-refractivity contribution >= 4 is 66.0 Å². The number of ether oxygens (including phenoxy) is 1. The fraction of sp³-hybridized carbons (Fsp3) is 0.172. The molecule has 1 aliphatic rings. The van der Waals surface area contributed by atoms with Gasteiger partial charge >= 0.3 is 0 Å². The smallest absolute Gasteiger partial charge is 0.259 e. The Bertz CT molecular complexity index is 1380. The highest BCUT2D eigenvalue weighted by Gasteiger charge is 2.25. The summed E-state index contributed by atoms with van der Waals surface area (Å²) in [5.74, 6) is 0.644. The Balaban J connectivity index is 1.39. The van der Waals surface area contributed by atoms with E-state index in [0.717, 1.165) is 67.8 Å². The molecule has 0 fully saturated rings. The van der Waals surface area contributed by atoms with Gasteiger partial charge in [0.15, 0.2) is 0 Å². The Morgan fingerprint density at radius 2 is 1.64 bits per heavy atom. The lowest BCUT2D eigenvalue weighted by Crippen LogP contribution is -2.14. The van der Waals surface area contributed by atoms with Crippen molar-refractivity contribution in [1.82, 2.24) is 0 Å². The number of nitrogens with zero attached hydrogens (tertiary/aromatic N) is 1. The van der Waals surface area contributed by atoms with Gasteiger partial charge in [-0.15, -0.1) is 11.3 Å². The molecule has 0 saturated heterocycles. The van der Waals surface area contributed by atoms with E-state index >= 15 is 0 Å². The molecule has 1 amide bonds. The largest absolute Gasteiger partial charge is 0.487 e. The van der Waals surface area contributed by atoms with Crippen LogP contribution in [0.25, 0.3) is 0 Å². The Kier molecular flexibility index (Phi) is 7.99. The molecule has 7 heteroatoms. The Hall–Kier alpha value is -2.74. The van der Waals surface area contributed by atoms with Crippen LogP contribution in [0.3, 0.4) is 0 Å². The number of thiophene rings is 1. The molecule has 0 unspecified atom stereocenters. The average Bonchev–Trinajstić information content (AvgIpc) is 3.27. The van der Waals surface area contributed by atoms with E-state index < -0.39 is 0 Å². The summed E-state index contributed by atoms with van der Waals surface area (Å²) in [6, 6.07) is 23.6. The van der Waals surface area contributed by atoms with Gasteiger partial charge in [0.1, 0.15) is 17.4 Å². The summed E-state index contributed by atoms with van der Waals surface area (Å²) in [7, 11) is 0. The zero-order chi connectivity index (χ0) is 24.9. The summed E-state index contributed by atoms with van der Waals surface area (Å²) in [5, 5.41) is 3.81. The predicted molar refractivity (Wildman–Crippen MR) is 155 cm³/mol. The number of amides is 1. The number of carbonyl (C=O) groups is 1. The standard InChI is InChI=1S/C29H24Br2N2O2S/c30-23-15-20(16-24(31)27(23)35-18-19-9-3-1-4-10-19)17-32-29-26(22-13-7-8-14-25(22)36-29)28(34)33-21-11-5-2-6-12-21/h1-6,9-12,15-17H,7-8,13-14,18H2,(H,33,34). The van der Waals surface area contributed by atoms with Gasteiger partial charge in [0.25, 0.3) is 5.91 Å². The van der Waals surface area contributed by atoms with Crippen LogP contribution in [0.1, 0.15) is 44.8 Å². The van der Waals surface area contributed by atoms with Crippen LogP contribution in [-0.4, -0.2) is 12.1 Å². The first kappa shape index (κ1) is 24.9. The van der Waals surface area contributed by atoms with E-state index in [0.29, 0.717) is 12.2 Å². The van der Waals surface area contributed by atoms with Gasteiger partial charge in [-0.1, -0.05) is 48.5 Å². The molecule has 0 saturated carbocycles. The Labute approximate surface area is 231 Å². The number of fused-ring (bicyclic) bond motifs is 1. The molecule has 1 heterocycles. The molecule has 1 N–H and O–H groups in total. The number of aliphatic imine (C=N–C) groups is 1. The summed E-state index contributed by atoms with van der Waals surface area (Å²) in [5.41, 5.74) is 4.65. The highest BCUT2D eigenvalue weighted by atomic mass is 79.9. The Morgan fingerprint density at radius 3 is 2.36 bits per heavy atom. The van der Waals surface area contributed by atoms with E-state index in [1.54, 1.807) is 11.3 Å². The molecule has 0 radical (unpaired) electrons. The molecule has 0 spiro atoms. The lowest BCUT2D eigenvalue weighted by Gasteiger charge is -2.13. The second-order valence-electron chi connectivity index (χ2n) is 8.56. The van der Waals surface area contributed by atoms with Crippen molar-refractivity contribution in [3.63, 3.8) is 0 Å². The summed E-state index contributed by atoms with van der Waals surface area (Å²) in [4.78, 5) is 19.4. The number of rotatable bonds is 7. The Morgan fingerprint density at radius 1 is 0.972 bits per heavy atom. The molecule has 5 rings (SSSR count). The second-order valence-corrected chi connectivity index (χ2v) is 11.3. The molecule has 0 atom stereocenters. The molecule has 4 nitrogen and oxygen atoms in total. The highest BCUT2D eigenvalue weighted by Crippen LogP contribution is 2.41. The van der Waals surface area contributed by atoms with Crippen molar-refractivity contribution in [2.24, 2.45) is 4.99 Å². The highest BCUT2D eigenvalue weighted by molar-refractivity contribution is 9.11. The minimum absolute atomic E-state index is 0.0974. The maximum Gasteiger partial charge on any atom is 0.259 e. The van der Waals surface area contributed by atoms with E-state index in [1.807, 2.05) is 79.0 Å². The first-order valence-corrected chi connectivity index (χ1v) is 14.2. The molecule has 0 bridgehead atoms. The van der Waals surface area contributed by atoms with Crippen LogP contribution in [0, 0.1) is 0 Å². The number of benzene rings is 3. The van der Waals surface area contributed by atoms with Gasteiger partial charge in [0.05, 0.1) is 14.5 Å². The number of para-hydroxylation sites is 1. The molecule has 3 aromatic carbocycles. The third kappa shape index (κ3) is 5.80. The van der Waals surface area contributed by atoms with Gasteiger partial charge in [-0.05, 0) is 98.5 Å². The molecule has 4 aromatic rings. The predicted octanol–water partition coefficient (Wildman–Crippen LogP) is 8.73. The van der Waals surface area contributed by atoms with Crippen molar-refractivity contribution in [3.8, 4) is 5.75 Å². The molecular formula is C29H24Br2N2O2S. The zero-order valence-electron chi connectivity index (χ0n) is 19.5. The van der Waals surface area contributed by atoms with Gasteiger partial charge < -0.3 is 10.1 Å². The zero-order valence-corrected chi connectivity index (χ0v) is 23.5. The van der Waals surface area contributed by atoms with Crippen molar-refractivity contribution in [1.29, 1.82) is 0 Å². The number of aryl methyl sites for hydroxylation is 1. The van der Waals surface area contributed by atoms with Crippen molar-refractivity contribution in [2.75, 3.05) is 5.32 Å². The average molecular weight is 624 g/mol. The topological polar surface area (TPSA) is 50.7 Å². The summed E-state index contributed by atoms with van der Waals surface area (Å²) < 4.78 is 7.71.